The number of pyridine rings is 1. The first kappa shape index (κ1) is 11.2. The van der Waals surface area contributed by atoms with Crippen LogP contribution < -0.4 is 4.74 Å². The van der Waals surface area contributed by atoms with Crippen molar-refractivity contribution in [1.82, 2.24) is 4.98 Å². The first-order valence-electron chi connectivity index (χ1n) is 6.05. The Hall–Kier alpha value is -1.90. The number of nitrogens with zero attached hydrogens (tertiary/aromatic N) is 1. The molecule has 1 unspecified atom stereocenters. The number of aryl methyl sites for hydroxylation is 1. The SMILES string of the molecule is Cc1cc2c(c(-c3ccc(F)cc3)n1)OCC2C. The number of ether oxygens (including phenoxy) is 1. The molecule has 2 nitrogen and oxygen atoms in total. The Labute approximate surface area is 105 Å². The van der Waals surface area contributed by atoms with E-state index >= 15 is 0 Å². The zero-order valence-electron chi connectivity index (χ0n) is 10.4. The van der Waals surface area contributed by atoms with Crippen molar-refractivity contribution in [1.29, 1.82) is 0 Å². The van der Waals surface area contributed by atoms with Gasteiger partial charge in [0.15, 0.2) is 0 Å². The quantitative estimate of drug-likeness (QED) is 0.762. The molecule has 0 radical (unpaired) electrons. The van der Waals surface area contributed by atoms with Crippen LogP contribution in [-0.2, 0) is 0 Å². The third-order valence-electron chi connectivity index (χ3n) is 3.26. The molecule has 0 saturated carbocycles. The highest BCUT2D eigenvalue weighted by Gasteiger charge is 2.25. The van der Waals surface area contributed by atoms with Gasteiger partial charge in [-0.1, -0.05) is 6.92 Å². The molecule has 1 aromatic carbocycles. The van der Waals surface area contributed by atoms with Gasteiger partial charge in [-0.25, -0.2) is 9.37 Å². The normalized spacial score (nSPS) is 17.4. The Morgan fingerprint density at radius 3 is 2.72 bits per heavy atom. The Kier molecular flexibility index (Phi) is 2.54. The second kappa shape index (κ2) is 4.09. The number of benzene rings is 1. The van der Waals surface area contributed by atoms with Gasteiger partial charge in [0, 0.05) is 22.7 Å². The van der Waals surface area contributed by atoms with Gasteiger partial charge in [0.2, 0.25) is 0 Å². The fourth-order valence-corrected chi connectivity index (χ4v) is 2.31. The molecule has 1 atom stereocenters. The lowest BCUT2D eigenvalue weighted by atomic mass is 10.0. The van der Waals surface area contributed by atoms with E-state index in [0.717, 1.165) is 22.7 Å². The van der Waals surface area contributed by atoms with Crippen molar-refractivity contribution in [2.75, 3.05) is 6.61 Å². The van der Waals surface area contributed by atoms with Gasteiger partial charge < -0.3 is 4.74 Å². The predicted molar refractivity (Wildman–Crippen MR) is 68.3 cm³/mol. The van der Waals surface area contributed by atoms with Crippen molar-refractivity contribution in [2.24, 2.45) is 0 Å². The number of hydrogen-bond donors (Lipinski definition) is 0. The summed E-state index contributed by atoms with van der Waals surface area (Å²) >= 11 is 0. The van der Waals surface area contributed by atoms with Crippen LogP contribution in [0.25, 0.3) is 11.3 Å². The number of rotatable bonds is 1. The van der Waals surface area contributed by atoms with Gasteiger partial charge in [0.05, 0.1) is 6.61 Å². The summed E-state index contributed by atoms with van der Waals surface area (Å²) in [5.41, 5.74) is 3.87. The van der Waals surface area contributed by atoms with E-state index < -0.39 is 0 Å². The van der Waals surface area contributed by atoms with E-state index in [1.165, 1.54) is 17.7 Å². The van der Waals surface area contributed by atoms with Crippen LogP contribution in [0, 0.1) is 12.7 Å². The monoisotopic (exact) mass is 243 g/mol. The van der Waals surface area contributed by atoms with Crippen LogP contribution in [0.3, 0.4) is 0 Å². The molecule has 92 valence electrons. The number of hydrogen-bond acceptors (Lipinski definition) is 2. The van der Waals surface area contributed by atoms with Crippen LogP contribution in [0.1, 0.15) is 24.1 Å². The Balaban J connectivity index is 2.18. The summed E-state index contributed by atoms with van der Waals surface area (Å²) in [6.07, 6.45) is 0. The first-order chi connectivity index (χ1) is 8.65. The van der Waals surface area contributed by atoms with Crippen molar-refractivity contribution in [3.05, 3.63) is 47.4 Å². The van der Waals surface area contributed by atoms with Crippen molar-refractivity contribution < 1.29 is 9.13 Å². The summed E-state index contributed by atoms with van der Waals surface area (Å²) in [6.45, 7) is 4.80. The lowest BCUT2D eigenvalue weighted by Crippen LogP contribution is -1.93. The van der Waals surface area contributed by atoms with Crippen LogP contribution in [0.5, 0.6) is 5.75 Å². The standard InChI is InChI=1S/C15H14FNO/c1-9-8-18-15-13(9)7-10(2)17-14(15)11-3-5-12(16)6-4-11/h3-7,9H,8H2,1-2H3. The summed E-state index contributed by atoms with van der Waals surface area (Å²) in [7, 11) is 0. The molecule has 1 aliphatic rings. The second-order valence-electron chi connectivity index (χ2n) is 4.75. The van der Waals surface area contributed by atoms with E-state index in [2.05, 4.69) is 18.0 Å². The van der Waals surface area contributed by atoms with Crippen LogP contribution in [-0.4, -0.2) is 11.6 Å². The maximum absolute atomic E-state index is 13.0. The van der Waals surface area contributed by atoms with Gasteiger partial charge >= 0.3 is 0 Å². The highest BCUT2D eigenvalue weighted by molar-refractivity contribution is 5.69. The number of aromatic nitrogens is 1. The van der Waals surface area contributed by atoms with Crippen LogP contribution in [0.4, 0.5) is 4.39 Å². The summed E-state index contributed by atoms with van der Waals surface area (Å²) < 4.78 is 18.7. The molecule has 0 bridgehead atoms. The number of fused-ring (bicyclic) bond motifs is 1. The summed E-state index contributed by atoms with van der Waals surface area (Å²) in [4.78, 5) is 4.53. The fraction of sp³-hybridized carbons (Fsp3) is 0.267. The fourth-order valence-electron chi connectivity index (χ4n) is 2.31. The van der Waals surface area contributed by atoms with Crippen molar-refractivity contribution in [2.45, 2.75) is 19.8 Å². The maximum Gasteiger partial charge on any atom is 0.149 e. The first-order valence-corrected chi connectivity index (χ1v) is 6.05. The smallest absolute Gasteiger partial charge is 0.149 e. The van der Waals surface area contributed by atoms with Gasteiger partial charge in [0.1, 0.15) is 17.3 Å². The number of halogens is 1. The molecule has 0 aliphatic carbocycles. The van der Waals surface area contributed by atoms with E-state index in [-0.39, 0.29) is 5.82 Å². The molecule has 2 aromatic rings. The van der Waals surface area contributed by atoms with Gasteiger partial charge in [-0.3, -0.25) is 0 Å². The minimum Gasteiger partial charge on any atom is -0.490 e. The van der Waals surface area contributed by atoms with Crippen LogP contribution >= 0.6 is 0 Å². The molecular weight excluding hydrogens is 229 g/mol. The minimum atomic E-state index is -0.239. The molecule has 0 N–H and O–H groups in total. The van der Waals surface area contributed by atoms with E-state index in [1.807, 2.05) is 6.92 Å². The average molecular weight is 243 g/mol. The van der Waals surface area contributed by atoms with Crippen LogP contribution in [0.15, 0.2) is 30.3 Å². The van der Waals surface area contributed by atoms with Crippen molar-refractivity contribution in [3.63, 3.8) is 0 Å². The summed E-state index contributed by atoms with van der Waals surface area (Å²) in [5, 5.41) is 0. The van der Waals surface area contributed by atoms with E-state index in [4.69, 9.17) is 4.74 Å². The summed E-state index contributed by atoms with van der Waals surface area (Å²) in [6, 6.07) is 8.45. The lowest BCUT2D eigenvalue weighted by molar-refractivity contribution is 0.337. The zero-order chi connectivity index (χ0) is 12.7. The highest BCUT2D eigenvalue weighted by atomic mass is 19.1. The molecule has 0 saturated heterocycles. The molecule has 1 aromatic heterocycles. The second-order valence-corrected chi connectivity index (χ2v) is 4.75. The maximum atomic E-state index is 13.0. The third kappa shape index (κ3) is 1.76. The molecule has 0 spiro atoms. The summed E-state index contributed by atoms with van der Waals surface area (Å²) in [5.74, 6) is 0.998. The van der Waals surface area contributed by atoms with E-state index in [1.54, 1.807) is 12.1 Å². The Morgan fingerprint density at radius 1 is 1.28 bits per heavy atom. The molecular formula is C15H14FNO. The molecule has 2 heterocycles. The van der Waals surface area contributed by atoms with E-state index in [0.29, 0.717) is 12.5 Å². The highest BCUT2D eigenvalue weighted by Crippen LogP contribution is 2.40. The topological polar surface area (TPSA) is 22.1 Å². The lowest BCUT2D eigenvalue weighted by Gasteiger charge is -2.09. The zero-order valence-corrected chi connectivity index (χ0v) is 10.4. The Bertz CT molecular complexity index is 592. The van der Waals surface area contributed by atoms with Gasteiger partial charge in [-0.2, -0.15) is 0 Å². The van der Waals surface area contributed by atoms with Gasteiger partial charge in [-0.05, 0) is 37.3 Å². The largest absolute Gasteiger partial charge is 0.490 e. The predicted octanol–water partition coefficient (Wildman–Crippen LogP) is 3.69. The molecule has 0 fully saturated rings. The van der Waals surface area contributed by atoms with Crippen molar-refractivity contribution in [3.8, 4) is 17.0 Å². The molecule has 18 heavy (non-hydrogen) atoms. The van der Waals surface area contributed by atoms with Crippen molar-refractivity contribution >= 4 is 0 Å². The third-order valence-corrected chi connectivity index (χ3v) is 3.26. The molecule has 1 aliphatic heterocycles. The van der Waals surface area contributed by atoms with Crippen LogP contribution in [0.2, 0.25) is 0 Å². The van der Waals surface area contributed by atoms with Gasteiger partial charge in [-0.15, -0.1) is 0 Å². The van der Waals surface area contributed by atoms with E-state index in [9.17, 15) is 4.39 Å². The van der Waals surface area contributed by atoms with Gasteiger partial charge in [0.25, 0.3) is 0 Å². The molecule has 3 rings (SSSR count). The average Bonchev–Trinajstić information content (AvgIpc) is 2.71. The minimum absolute atomic E-state index is 0.239. The Morgan fingerprint density at radius 2 is 2.00 bits per heavy atom. The molecule has 3 heteroatoms. The molecule has 0 amide bonds.